The van der Waals surface area contributed by atoms with Gasteiger partial charge in [0.05, 0.1) is 17.7 Å². The molecule has 0 saturated heterocycles. The van der Waals surface area contributed by atoms with Crippen molar-refractivity contribution in [2.75, 3.05) is 18.0 Å². The monoisotopic (exact) mass is 599 g/mol. The maximum atomic E-state index is 14.2. The highest BCUT2D eigenvalue weighted by atomic mass is 35.5. The van der Waals surface area contributed by atoms with E-state index in [2.05, 4.69) is 5.32 Å². The summed E-state index contributed by atoms with van der Waals surface area (Å²) in [6, 6.07) is 19.1. The molecule has 10 heteroatoms. The molecule has 2 atom stereocenters. The van der Waals surface area contributed by atoms with Crippen LogP contribution in [-0.2, 0) is 26.2 Å². The lowest BCUT2D eigenvalue weighted by atomic mass is 10.1. The molecule has 1 N–H and O–H groups in total. The van der Waals surface area contributed by atoms with Gasteiger partial charge in [0.2, 0.25) is 11.8 Å². The zero-order valence-electron chi connectivity index (χ0n) is 24.1. The molecular weight excluding hydrogens is 562 g/mol. The number of methoxy groups -OCH3 is 1. The van der Waals surface area contributed by atoms with Gasteiger partial charge in [-0.2, -0.15) is 0 Å². The third-order valence-electron chi connectivity index (χ3n) is 6.84. The first-order valence-corrected chi connectivity index (χ1v) is 15.4. The van der Waals surface area contributed by atoms with Crippen molar-refractivity contribution in [1.29, 1.82) is 0 Å². The number of carbonyl (C=O) groups excluding carboxylic acids is 2. The first-order valence-electron chi connectivity index (χ1n) is 13.6. The minimum Gasteiger partial charge on any atom is -0.497 e. The number of aryl methyl sites for hydroxylation is 1. The lowest BCUT2D eigenvalue weighted by Gasteiger charge is -2.34. The van der Waals surface area contributed by atoms with E-state index in [1.165, 1.54) is 29.2 Å². The fraction of sp³-hybridized carbons (Fsp3) is 0.355. The number of hydrogen-bond acceptors (Lipinski definition) is 5. The Morgan fingerprint density at radius 3 is 2.27 bits per heavy atom. The average Bonchev–Trinajstić information content (AvgIpc) is 2.95. The molecule has 0 aliphatic carbocycles. The minimum absolute atomic E-state index is 0.00268. The fourth-order valence-corrected chi connectivity index (χ4v) is 5.91. The van der Waals surface area contributed by atoms with Crippen LogP contribution >= 0.6 is 11.6 Å². The minimum atomic E-state index is -4.17. The van der Waals surface area contributed by atoms with Gasteiger partial charge in [-0.05, 0) is 86.3 Å². The number of amides is 2. The topological polar surface area (TPSA) is 96.0 Å². The molecule has 0 spiro atoms. The molecule has 0 aliphatic rings. The van der Waals surface area contributed by atoms with Crippen molar-refractivity contribution in [2.24, 2.45) is 0 Å². The Bertz CT molecular complexity index is 1450. The van der Waals surface area contributed by atoms with Crippen LogP contribution in [-0.4, -0.2) is 50.9 Å². The maximum Gasteiger partial charge on any atom is 0.264 e. The number of sulfonamides is 1. The molecule has 0 bridgehead atoms. The van der Waals surface area contributed by atoms with E-state index < -0.39 is 28.5 Å². The molecule has 0 radical (unpaired) electrons. The van der Waals surface area contributed by atoms with E-state index in [4.69, 9.17) is 16.3 Å². The van der Waals surface area contributed by atoms with Crippen LogP contribution in [0.15, 0.2) is 77.7 Å². The number of anilines is 1. The molecular formula is C31H38ClN3O5S. The molecule has 0 saturated carbocycles. The Labute approximate surface area is 248 Å². The summed E-state index contributed by atoms with van der Waals surface area (Å²) < 4.78 is 34.3. The standard InChI is InChI=1S/C31H38ClN3O5S/c1-6-23(4)33-31(37)29(7-2)34(20-24-11-9-13-27(19-24)40-5)30(36)21-35(26-12-8-10-22(3)18-26)41(38,39)28-16-14-25(32)15-17-28/h8-19,23,29H,6-7,20-21H2,1-5H3,(H,33,37)/t23-,29-/m1/s1. The second-order valence-corrected chi connectivity index (χ2v) is 12.2. The molecule has 0 aromatic heterocycles. The second-order valence-electron chi connectivity index (χ2n) is 9.92. The van der Waals surface area contributed by atoms with E-state index >= 15 is 0 Å². The fourth-order valence-electron chi connectivity index (χ4n) is 4.37. The molecule has 220 valence electrons. The molecule has 3 aromatic rings. The van der Waals surface area contributed by atoms with E-state index in [-0.39, 0.29) is 23.4 Å². The Kier molecular flexibility index (Phi) is 11.2. The van der Waals surface area contributed by atoms with Crippen LogP contribution < -0.4 is 14.4 Å². The van der Waals surface area contributed by atoms with E-state index in [0.29, 0.717) is 22.9 Å². The van der Waals surface area contributed by atoms with Gasteiger partial charge in [0, 0.05) is 17.6 Å². The van der Waals surface area contributed by atoms with Crippen molar-refractivity contribution >= 4 is 39.1 Å². The van der Waals surface area contributed by atoms with Crippen LogP contribution in [0.25, 0.3) is 0 Å². The lowest BCUT2D eigenvalue weighted by molar-refractivity contribution is -0.140. The van der Waals surface area contributed by atoms with Crippen molar-refractivity contribution in [3.63, 3.8) is 0 Å². The van der Waals surface area contributed by atoms with Gasteiger partial charge in [0.1, 0.15) is 18.3 Å². The van der Waals surface area contributed by atoms with Crippen molar-refractivity contribution in [1.82, 2.24) is 10.2 Å². The third-order valence-corrected chi connectivity index (χ3v) is 8.88. The van der Waals surface area contributed by atoms with Gasteiger partial charge in [0.15, 0.2) is 0 Å². The van der Waals surface area contributed by atoms with Gasteiger partial charge in [-0.15, -0.1) is 0 Å². The van der Waals surface area contributed by atoms with Gasteiger partial charge in [-0.3, -0.25) is 13.9 Å². The summed E-state index contributed by atoms with van der Waals surface area (Å²) in [5.74, 6) is -0.197. The zero-order valence-corrected chi connectivity index (χ0v) is 25.7. The smallest absolute Gasteiger partial charge is 0.264 e. The lowest BCUT2D eigenvalue weighted by Crippen LogP contribution is -2.53. The van der Waals surface area contributed by atoms with Gasteiger partial charge >= 0.3 is 0 Å². The largest absolute Gasteiger partial charge is 0.497 e. The highest BCUT2D eigenvalue weighted by molar-refractivity contribution is 7.92. The van der Waals surface area contributed by atoms with Crippen LogP contribution in [0.1, 0.15) is 44.7 Å². The molecule has 3 aromatic carbocycles. The summed E-state index contributed by atoms with van der Waals surface area (Å²) in [4.78, 5) is 29.0. The normalized spacial score (nSPS) is 12.7. The molecule has 0 fully saturated rings. The molecule has 0 aliphatic heterocycles. The highest BCUT2D eigenvalue weighted by Crippen LogP contribution is 2.27. The summed E-state index contributed by atoms with van der Waals surface area (Å²) in [6.07, 6.45) is 1.07. The number of ether oxygens (including phenoxy) is 1. The average molecular weight is 600 g/mol. The number of benzene rings is 3. The summed E-state index contributed by atoms with van der Waals surface area (Å²) in [7, 11) is -2.62. The van der Waals surface area contributed by atoms with E-state index in [1.54, 1.807) is 43.5 Å². The third kappa shape index (κ3) is 8.24. The van der Waals surface area contributed by atoms with Crippen molar-refractivity contribution in [3.8, 4) is 5.75 Å². The van der Waals surface area contributed by atoms with Crippen LogP contribution in [0.5, 0.6) is 5.75 Å². The van der Waals surface area contributed by atoms with Crippen LogP contribution in [0, 0.1) is 6.92 Å². The number of nitrogens with one attached hydrogen (secondary N) is 1. The Morgan fingerprint density at radius 1 is 0.976 bits per heavy atom. The molecule has 0 heterocycles. The molecule has 2 amide bonds. The predicted molar refractivity (Wildman–Crippen MR) is 163 cm³/mol. The quantitative estimate of drug-likeness (QED) is 0.277. The van der Waals surface area contributed by atoms with E-state index in [0.717, 1.165) is 21.9 Å². The van der Waals surface area contributed by atoms with Gasteiger partial charge < -0.3 is 15.0 Å². The first-order chi connectivity index (χ1) is 19.5. The molecule has 8 nitrogen and oxygen atoms in total. The number of halogens is 1. The maximum absolute atomic E-state index is 14.2. The Balaban J connectivity index is 2.07. The molecule has 41 heavy (non-hydrogen) atoms. The van der Waals surface area contributed by atoms with Crippen LogP contribution in [0.2, 0.25) is 5.02 Å². The number of hydrogen-bond donors (Lipinski definition) is 1. The SMILES string of the molecule is CC[C@@H](C)NC(=O)[C@@H](CC)N(Cc1cccc(OC)c1)C(=O)CN(c1cccc(C)c1)S(=O)(=O)c1ccc(Cl)cc1. The van der Waals surface area contributed by atoms with Gasteiger partial charge in [-0.25, -0.2) is 8.42 Å². The van der Waals surface area contributed by atoms with Crippen molar-refractivity contribution < 1.29 is 22.7 Å². The van der Waals surface area contributed by atoms with Crippen molar-refractivity contribution in [3.05, 3.63) is 88.9 Å². The van der Waals surface area contributed by atoms with E-state index in [1.807, 2.05) is 39.8 Å². The zero-order chi connectivity index (χ0) is 30.2. The first kappa shape index (κ1) is 32.0. The number of nitrogens with zero attached hydrogens (tertiary/aromatic N) is 2. The second kappa shape index (κ2) is 14.4. The summed E-state index contributed by atoms with van der Waals surface area (Å²) in [5, 5.41) is 3.37. The summed E-state index contributed by atoms with van der Waals surface area (Å²) in [5.41, 5.74) is 1.92. The summed E-state index contributed by atoms with van der Waals surface area (Å²) in [6.45, 7) is 7.12. The number of carbonyl (C=O) groups is 2. The number of rotatable bonds is 13. The highest BCUT2D eigenvalue weighted by Gasteiger charge is 2.34. The van der Waals surface area contributed by atoms with Gasteiger partial charge in [0.25, 0.3) is 10.0 Å². The van der Waals surface area contributed by atoms with Crippen LogP contribution in [0.4, 0.5) is 5.69 Å². The Hall–Kier alpha value is -3.56. The predicted octanol–water partition coefficient (Wildman–Crippen LogP) is 5.57. The summed E-state index contributed by atoms with van der Waals surface area (Å²) >= 11 is 6.01. The van der Waals surface area contributed by atoms with Gasteiger partial charge in [-0.1, -0.05) is 49.7 Å². The van der Waals surface area contributed by atoms with E-state index in [9.17, 15) is 18.0 Å². The Morgan fingerprint density at radius 2 is 1.66 bits per heavy atom. The van der Waals surface area contributed by atoms with Crippen LogP contribution in [0.3, 0.4) is 0 Å². The molecule has 3 rings (SSSR count). The van der Waals surface area contributed by atoms with Crippen molar-refractivity contribution in [2.45, 2.75) is 64.1 Å². The molecule has 0 unspecified atom stereocenters.